The second kappa shape index (κ2) is 6.95. The predicted octanol–water partition coefficient (Wildman–Crippen LogP) is 3.85. The maximum Gasteiger partial charge on any atom is 0.271 e. The summed E-state index contributed by atoms with van der Waals surface area (Å²) in [5.74, 6) is 0.412. The number of carbonyl (C=O) groups excluding carboxylic acids is 1. The molecular weight excluding hydrogens is 380 g/mol. The number of sulfonamides is 1. The first-order valence-electron chi connectivity index (χ1n) is 9.34. The number of thiophene rings is 1. The van der Waals surface area contributed by atoms with Crippen LogP contribution in [0.2, 0.25) is 0 Å². The molecule has 144 valence electrons. The van der Waals surface area contributed by atoms with E-state index in [4.69, 9.17) is 0 Å². The van der Waals surface area contributed by atoms with Crippen molar-refractivity contribution in [1.29, 1.82) is 0 Å². The molecule has 0 radical (unpaired) electrons. The summed E-state index contributed by atoms with van der Waals surface area (Å²) < 4.78 is 28.7. The van der Waals surface area contributed by atoms with E-state index in [0.29, 0.717) is 23.0 Å². The van der Waals surface area contributed by atoms with Crippen molar-refractivity contribution in [1.82, 2.24) is 4.90 Å². The zero-order chi connectivity index (χ0) is 19.2. The van der Waals surface area contributed by atoms with Crippen LogP contribution in [0, 0.1) is 19.8 Å². The van der Waals surface area contributed by atoms with Crippen LogP contribution in [0.25, 0.3) is 0 Å². The predicted molar refractivity (Wildman–Crippen MR) is 108 cm³/mol. The largest absolute Gasteiger partial charge is 0.338 e. The Morgan fingerprint density at radius 2 is 2.00 bits per heavy atom. The molecule has 27 heavy (non-hydrogen) atoms. The summed E-state index contributed by atoms with van der Waals surface area (Å²) in [5.41, 5.74) is 3.57. The molecule has 1 aliphatic heterocycles. The SMILES string of the molecule is Cc1ccc(NS(=O)(=O)c2cc3c(s2)CCN(C(=O)C2CCC2)C3)c(C)c1. The number of benzene rings is 1. The Balaban J connectivity index is 1.53. The van der Waals surface area contributed by atoms with Crippen molar-refractivity contribution >= 4 is 33.0 Å². The molecule has 1 fully saturated rings. The van der Waals surface area contributed by atoms with Gasteiger partial charge in [0.2, 0.25) is 5.91 Å². The van der Waals surface area contributed by atoms with Crippen LogP contribution in [0.3, 0.4) is 0 Å². The number of rotatable bonds is 4. The van der Waals surface area contributed by atoms with Crippen molar-refractivity contribution in [3.8, 4) is 0 Å². The lowest BCUT2D eigenvalue weighted by Crippen LogP contribution is -2.41. The molecule has 7 heteroatoms. The fourth-order valence-electron chi connectivity index (χ4n) is 3.66. The van der Waals surface area contributed by atoms with Gasteiger partial charge in [-0.05, 0) is 56.4 Å². The number of hydrogen-bond donors (Lipinski definition) is 1. The van der Waals surface area contributed by atoms with Gasteiger partial charge in [-0.25, -0.2) is 8.42 Å². The Kier molecular flexibility index (Phi) is 4.76. The van der Waals surface area contributed by atoms with Crippen LogP contribution >= 0.6 is 11.3 Å². The highest BCUT2D eigenvalue weighted by molar-refractivity contribution is 7.94. The zero-order valence-corrected chi connectivity index (χ0v) is 17.3. The number of fused-ring (bicyclic) bond motifs is 1. The summed E-state index contributed by atoms with van der Waals surface area (Å²) >= 11 is 1.32. The van der Waals surface area contributed by atoms with Crippen molar-refractivity contribution < 1.29 is 13.2 Å². The Labute approximate surface area is 164 Å². The van der Waals surface area contributed by atoms with Gasteiger partial charge in [-0.3, -0.25) is 9.52 Å². The average Bonchev–Trinajstić information content (AvgIpc) is 3.00. The molecule has 5 nitrogen and oxygen atoms in total. The molecule has 1 aromatic carbocycles. The summed E-state index contributed by atoms with van der Waals surface area (Å²) in [7, 11) is -3.63. The molecule has 0 bridgehead atoms. The second-order valence-electron chi connectivity index (χ2n) is 7.58. The second-order valence-corrected chi connectivity index (χ2v) is 10.6. The van der Waals surface area contributed by atoms with E-state index in [0.717, 1.165) is 47.3 Å². The van der Waals surface area contributed by atoms with Crippen LogP contribution < -0.4 is 4.72 Å². The molecule has 2 aromatic rings. The summed E-state index contributed by atoms with van der Waals surface area (Å²) in [4.78, 5) is 15.5. The molecule has 1 aliphatic carbocycles. The summed E-state index contributed by atoms with van der Waals surface area (Å²) in [5, 5.41) is 0. The lowest BCUT2D eigenvalue weighted by molar-refractivity contribution is -0.139. The minimum atomic E-state index is -3.63. The lowest BCUT2D eigenvalue weighted by atomic mass is 9.84. The number of hydrogen-bond acceptors (Lipinski definition) is 4. The smallest absolute Gasteiger partial charge is 0.271 e. The Morgan fingerprint density at radius 1 is 1.22 bits per heavy atom. The van der Waals surface area contributed by atoms with Crippen LogP contribution in [-0.4, -0.2) is 25.8 Å². The molecule has 0 saturated heterocycles. The van der Waals surface area contributed by atoms with Crippen molar-refractivity contribution in [3.63, 3.8) is 0 Å². The molecule has 0 spiro atoms. The standard InChI is InChI=1S/C20H24N2O3S2/c1-13-6-7-17(14(2)10-13)21-27(24,25)19-11-16-12-22(9-8-18(16)26-19)20(23)15-4-3-5-15/h6-7,10-11,15,21H,3-5,8-9,12H2,1-2H3. The van der Waals surface area contributed by atoms with Gasteiger partial charge in [0.05, 0.1) is 5.69 Å². The lowest BCUT2D eigenvalue weighted by Gasteiger charge is -2.33. The molecule has 1 saturated carbocycles. The minimum Gasteiger partial charge on any atom is -0.338 e. The first-order chi connectivity index (χ1) is 12.8. The molecule has 1 aromatic heterocycles. The van der Waals surface area contributed by atoms with E-state index in [-0.39, 0.29) is 11.8 Å². The number of carbonyl (C=O) groups is 1. The molecular formula is C20H24N2O3S2. The topological polar surface area (TPSA) is 66.5 Å². The van der Waals surface area contributed by atoms with Gasteiger partial charge in [0, 0.05) is 23.9 Å². The number of nitrogens with one attached hydrogen (secondary N) is 1. The highest BCUT2D eigenvalue weighted by Crippen LogP contribution is 2.35. The zero-order valence-electron chi connectivity index (χ0n) is 15.6. The molecule has 0 atom stereocenters. The van der Waals surface area contributed by atoms with Gasteiger partial charge in [-0.1, -0.05) is 24.1 Å². The van der Waals surface area contributed by atoms with Crippen molar-refractivity contribution in [3.05, 3.63) is 45.8 Å². The monoisotopic (exact) mass is 404 g/mol. The molecule has 1 N–H and O–H groups in total. The molecule has 0 unspecified atom stereocenters. The summed E-state index contributed by atoms with van der Waals surface area (Å²) in [6.45, 7) is 5.09. The maximum absolute atomic E-state index is 12.9. The van der Waals surface area contributed by atoms with E-state index in [2.05, 4.69) is 4.72 Å². The van der Waals surface area contributed by atoms with E-state index in [1.807, 2.05) is 30.9 Å². The van der Waals surface area contributed by atoms with E-state index in [1.54, 1.807) is 12.1 Å². The van der Waals surface area contributed by atoms with Gasteiger partial charge in [0.25, 0.3) is 10.0 Å². The number of aryl methyl sites for hydroxylation is 2. The minimum absolute atomic E-state index is 0.180. The highest BCUT2D eigenvalue weighted by atomic mass is 32.2. The van der Waals surface area contributed by atoms with Crippen molar-refractivity contribution in [2.45, 2.75) is 50.3 Å². The van der Waals surface area contributed by atoms with Crippen LogP contribution in [0.4, 0.5) is 5.69 Å². The number of amides is 1. The van der Waals surface area contributed by atoms with E-state index >= 15 is 0 Å². The van der Waals surface area contributed by atoms with Crippen molar-refractivity contribution in [2.24, 2.45) is 5.92 Å². The van der Waals surface area contributed by atoms with Gasteiger partial charge < -0.3 is 4.90 Å². The molecule has 1 amide bonds. The van der Waals surface area contributed by atoms with Gasteiger partial charge in [-0.2, -0.15) is 0 Å². The fraction of sp³-hybridized carbons (Fsp3) is 0.450. The first kappa shape index (κ1) is 18.5. The number of nitrogens with zero attached hydrogens (tertiary/aromatic N) is 1. The third kappa shape index (κ3) is 3.62. The van der Waals surface area contributed by atoms with E-state index in [9.17, 15) is 13.2 Å². The van der Waals surface area contributed by atoms with Crippen LogP contribution in [0.1, 0.15) is 40.8 Å². The fourth-order valence-corrected chi connectivity index (χ4v) is 6.34. The normalized spacial score (nSPS) is 17.3. The Morgan fingerprint density at radius 3 is 2.67 bits per heavy atom. The van der Waals surface area contributed by atoms with Crippen LogP contribution in [0.15, 0.2) is 28.5 Å². The number of anilines is 1. The first-order valence-corrected chi connectivity index (χ1v) is 11.6. The van der Waals surface area contributed by atoms with Gasteiger partial charge in [-0.15, -0.1) is 11.3 Å². The van der Waals surface area contributed by atoms with Crippen LogP contribution in [0.5, 0.6) is 0 Å². The molecule has 2 heterocycles. The maximum atomic E-state index is 12.9. The summed E-state index contributed by atoms with van der Waals surface area (Å²) in [6, 6.07) is 7.40. The van der Waals surface area contributed by atoms with Gasteiger partial charge >= 0.3 is 0 Å². The quantitative estimate of drug-likeness (QED) is 0.842. The average molecular weight is 405 g/mol. The third-order valence-electron chi connectivity index (χ3n) is 5.50. The van der Waals surface area contributed by atoms with Crippen LogP contribution in [-0.2, 0) is 27.8 Å². The van der Waals surface area contributed by atoms with E-state index < -0.39 is 10.0 Å². The van der Waals surface area contributed by atoms with Crippen molar-refractivity contribution in [2.75, 3.05) is 11.3 Å². The summed E-state index contributed by atoms with van der Waals surface area (Å²) in [6.07, 6.45) is 3.86. The Hall–Kier alpha value is -1.86. The highest BCUT2D eigenvalue weighted by Gasteiger charge is 2.32. The molecule has 4 rings (SSSR count). The Bertz CT molecular complexity index is 991. The van der Waals surface area contributed by atoms with Gasteiger partial charge in [0.15, 0.2) is 0 Å². The van der Waals surface area contributed by atoms with Gasteiger partial charge in [0.1, 0.15) is 4.21 Å². The molecule has 2 aliphatic rings. The third-order valence-corrected chi connectivity index (χ3v) is 8.58. The van der Waals surface area contributed by atoms with E-state index in [1.165, 1.54) is 11.3 Å².